The van der Waals surface area contributed by atoms with E-state index in [9.17, 15) is 9.18 Å². The SMILES string of the molecule is CO[C@H]1CN(c2nc3c(cc2F)C[C@@H](NC(=O)c2sc4nc(C)ccc4c2N)CO3)C[C@@H]1N. The third-order valence-electron chi connectivity index (χ3n) is 6.07. The summed E-state index contributed by atoms with van der Waals surface area (Å²) in [4.78, 5) is 24.6. The maximum atomic E-state index is 14.9. The fraction of sp³-hybridized carbons (Fsp3) is 0.409. The number of fused-ring (bicyclic) bond motifs is 2. The smallest absolute Gasteiger partial charge is 0.263 e. The van der Waals surface area contributed by atoms with Crippen LogP contribution in [-0.2, 0) is 11.2 Å². The quantitative estimate of drug-likeness (QED) is 0.523. The summed E-state index contributed by atoms with van der Waals surface area (Å²) in [6, 6.07) is 4.60. The van der Waals surface area contributed by atoms with Crippen molar-refractivity contribution in [1.29, 1.82) is 0 Å². The van der Waals surface area contributed by atoms with Crippen molar-refractivity contribution in [2.45, 2.75) is 31.5 Å². The molecule has 0 aromatic carbocycles. The molecule has 33 heavy (non-hydrogen) atoms. The van der Waals surface area contributed by atoms with E-state index in [4.69, 9.17) is 20.9 Å². The van der Waals surface area contributed by atoms with Crippen molar-refractivity contribution in [2.75, 3.05) is 37.4 Å². The molecule has 0 aliphatic carbocycles. The number of anilines is 2. The second-order valence-corrected chi connectivity index (χ2v) is 9.44. The van der Waals surface area contributed by atoms with Crippen LogP contribution >= 0.6 is 11.3 Å². The van der Waals surface area contributed by atoms with E-state index >= 15 is 0 Å². The number of rotatable bonds is 4. The minimum atomic E-state index is -0.455. The third-order valence-corrected chi connectivity index (χ3v) is 7.18. The minimum Gasteiger partial charge on any atom is -0.475 e. The average molecular weight is 473 g/mol. The fourth-order valence-corrected chi connectivity index (χ4v) is 5.36. The molecule has 0 saturated carbocycles. The van der Waals surface area contributed by atoms with Crippen molar-refractivity contribution in [3.05, 3.63) is 40.2 Å². The third kappa shape index (κ3) is 3.96. The van der Waals surface area contributed by atoms with Gasteiger partial charge in [-0.15, -0.1) is 11.3 Å². The van der Waals surface area contributed by atoms with Crippen LogP contribution in [0.1, 0.15) is 20.9 Å². The van der Waals surface area contributed by atoms with Gasteiger partial charge in [0.05, 0.1) is 23.9 Å². The molecule has 0 radical (unpaired) electrons. The van der Waals surface area contributed by atoms with Gasteiger partial charge in [0.2, 0.25) is 5.88 Å². The van der Waals surface area contributed by atoms with E-state index in [1.54, 1.807) is 12.0 Å². The van der Waals surface area contributed by atoms with Gasteiger partial charge in [-0.05, 0) is 25.1 Å². The van der Waals surface area contributed by atoms with Gasteiger partial charge in [0, 0.05) is 43.3 Å². The number of nitrogen functional groups attached to an aromatic ring is 1. The van der Waals surface area contributed by atoms with Crippen LogP contribution < -0.4 is 26.4 Å². The monoisotopic (exact) mass is 472 g/mol. The molecule has 0 unspecified atom stereocenters. The highest BCUT2D eigenvalue weighted by Gasteiger charge is 2.34. The van der Waals surface area contributed by atoms with E-state index < -0.39 is 5.82 Å². The maximum Gasteiger partial charge on any atom is 0.263 e. The number of hydrogen-bond acceptors (Lipinski definition) is 9. The number of thiophene rings is 1. The number of amides is 1. The molecular formula is C22H25FN6O3S. The van der Waals surface area contributed by atoms with Crippen LogP contribution in [0.15, 0.2) is 18.2 Å². The number of carbonyl (C=O) groups excluding carboxylic acids is 1. The van der Waals surface area contributed by atoms with Gasteiger partial charge in [-0.1, -0.05) is 0 Å². The molecule has 1 fully saturated rings. The number of aryl methyl sites for hydroxylation is 1. The van der Waals surface area contributed by atoms with Crippen molar-refractivity contribution >= 4 is 39.0 Å². The zero-order valence-electron chi connectivity index (χ0n) is 18.3. The van der Waals surface area contributed by atoms with Crippen LogP contribution in [0.2, 0.25) is 0 Å². The molecule has 0 spiro atoms. The lowest BCUT2D eigenvalue weighted by Crippen LogP contribution is -2.43. The highest BCUT2D eigenvalue weighted by Crippen LogP contribution is 2.33. The number of aromatic nitrogens is 2. The van der Waals surface area contributed by atoms with E-state index in [0.717, 1.165) is 15.9 Å². The van der Waals surface area contributed by atoms with E-state index in [1.807, 2.05) is 19.1 Å². The van der Waals surface area contributed by atoms with Crippen molar-refractivity contribution in [1.82, 2.24) is 15.3 Å². The molecule has 2 aliphatic heterocycles. The van der Waals surface area contributed by atoms with Crippen LogP contribution in [0.4, 0.5) is 15.9 Å². The predicted octanol–water partition coefficient (Wildman–Crippen LogP) is 1.62. The Bertz CT molecular complexity index is 1230. The number of nitrogens with one attached hydrogen (secondary N) is 1. The van der Waals surface area contributed by atoms with Crippen LogP contribution in [-0.4, -0.2) is 60.9 Å². The Hall–Kier alpha value is -3.02. The van der Waals surface area contributed by atoms with Gasteiger partial charge in [0.25, 0.3) is 5.91 Å². The Balaban J connectivity index is 1.31. The van der Waals surface area contributed by atoms with Crippen LogP contribution in [0.5, 0.6) is 5.88 Å². The van der Waals surface area contributed by atoms with Gasteiger partial charge in [-0.2, -0.15) is 4.98 Å². The number of ether oxygens (including phenoxy) is 2. The molecule has 3 aromatic heterocycles. The molecule has 1 amide bonds. The molecule has 11 heteroatoms. The van der Waals surface area contributed by atoms with Crippen molar-refractivity contribution < 1.29 is 18.7 Å². The summed E-state index contributed by atoms with van der Waals surface area (Å²) in [5.74, 6) is -0.185. The summed E-state index contributed by atoms with van der Waals surface area (Å²) >= 11 is 1.25. The number of methoxy groups -OCH3 is 1. The van der Waals surface area contributed by atoms with E-state index in [0.29, 0.717) is 41.5 Å². The van der Waals surface area contributed by atoms with E-state index in [-0.39, 0.29) is 36.5 Å². The summed E-state index contributed by atoms with van der Waals surface area (Å²) in [7, 11) is 1.59. The Morgan fingerprint density at radius 3 is 2.94 bits per heavy atom. The number of pyridine rings is 2. The maximum absolute atomic E-state index is 14.9. The van der Waals surface area contributed by atoms with Crippen molar-refractivity contribution in [3.8, 4) is 5.88 Å². The van der Waals surface area contributed by atoms with E-state index in [2.05, 4.69) is 15.3 Å². The topological polar surface area (TPSA) is 129 Å². The Morgan fingerprint density at radius 1 is 1.36 bits per heavy atom. The van der Waals surface area contributed by atoms with Gasteiger partial charge < -0.3 is 31.2 Å². The van der Waals surface area contributed by atoms with Crippen molar-refractivity contribution in [3.63, 3.8) is 0 Å². The van der Waals surface area contributed by atoms with Gasteiger partial charge in [0.15, 0.2) is 11.6 Å². The Labute approximate surface area is 193 Å². The number of nitrogens with two attached hydrogens (primary N) is 2. The molecule has 5 rings (SSSR count). The number of nitrogens with zero attached hydrogens (tertiary/aromatic N) is 3. The van der Waals surface area contributed by atoms with Gasteiger partial charge in [-0.25, -0.2) is 9.37 Å². The first-order valence-electron chi connectivity index (χ1n) is 10.7. The van der Waals surface area contributed by atoms with Crippen molar-refractivity contribution in [2.24, 2.45) is 5.73 Å². The zero-order chi connectivity index (χ0) is 23.3. The Kier molecular flexibility index (Phi) is 5.55. The molecule has 174 valence electrons. The molecule has 1 saturated heterocycles. The van der Waals surface area contributed by atoms with Crippen LogP contribution in [0.3, 0.4) is 0 Å². The number of halogens is 1. The Morgan fingerprint density at radius 2 is 2.18 bits per heavy atom. The lowest BCUT2D eigenvalue weighted by molar-refractivity contribution is 0.0918. The average Bonchev–Trinajstić information content (AvgIpc) is 3.32. The van der Waals surface area contributed by atoms with E-state index in [1.165, 1.54) is 17.4 Å². The molecule has 5 N–H and O–H groups in total. The lowest BCUT2D eigenvalue weighted by Gasteiger charge is -2.27. The molecule has 0 bridgehead atoms. The normalized spacial score (nSPS) is 22.3. The highest BCUT2D eigenvalue weighted by atomic mass is 32.1. The largest absolute Gasteiger partial charge is 0.475 e. The molecule has 3 aromatic rings. The first-order chi connectivity index (χ1) is 15.8. The summed E-state index contributed by atoms with van der Waals surface area (Å²) in [6.45, 7) is 3.02. The summed E-state index contributed by atoms with van der Waals surface area (Å²) in [6.07, 6.45) is 0.219. The van der Waals surface area contributed by atoms with Gasteiger partial charge in [-0.3, -0.25) is 4.79 Å². The first-order valence-corrected chi connectivity index (χ1v) is 11.5. The second-order valence-electron chi connectivity index (χ2n) is 8.44. The molecule has 2 aliphatic rings. The predicted molar refractivity (Wildman–Crippen MR) is 124 cm³/mol. The van der Waals surface area contributed by atoms with Gasteiger partial charge in [0.1, 0.15) is 16.3 Å². The standard InChI is InChI=1S/C22H25FN6O3S/c1-10-3-4-13-17(25)18(33-22(13)26-10)20(30)27-12-5-11-6-14(23)19(28-21(11)32-9-12)29-7-15(24)16(8-29)31-2/h3-4,6,12,15-16H,5,7-9,24-25H2,1-2H3,(H,27,30)/t12-,15+,16+/m1/s1. The minimum absolute atomic E-state index is 0.178. The highest BCUT2D eigenvalue weighted by molar-refractivity contribution is 7.21. The number of carbonyl (C=O) groups is 1. The molecule has 9 nitrogen and oxygen atoms in total. The van der Waals surface area contributed by atoms with Gasteiger partial charge >= 0.3 is 0 Å². The molecular weight excluding hydrogens is 447 g/mol. The lowest BCUT2D eigenvalue weighted by atomic mass is 10.0. The number of hydrogen-bond donors (Lipinski definition) is 3. The fourth-order valence-electron chi connectivity index (χ4n) is 4.32. The zero-order valence-corrected chi connectivity index (χ0v) is 19.1. The summed E-state index contributed by atoms with van der Waals surface area (Å²) in [5.41, 5.74) is 14.1. The summed E-state index contributed by atoms with van der Waals surface area (Å²) in [5, 5.41) is 3.71. The summed E-state index contributed by atoms with van der Waals surface area (Å²) < 4.78 is 26.0. The first kappa shape index (κ1) is 21.8. The molecule has 3 atom stereocenters. The molecule has 5 heterocycles. The second kappa shape index (κ2) is 8.40. The van der Waals surface area contributed by atoms with Crippen LogP contribution in [0.25, 0.3) is 10.2 Å². The van der Waals surface area contributed by atoms with Crippen LogP contribution in [0, 0.1) is 12.7 Å².